The molecule has 1 aromatic carbocycles. The number of imidazole rings is 1. The van der Waals surface area contributed by atoms with Crippen molar-refractivity contribution in [2.45, 2.75) is 11.5 Å². The lowest BCUT2D eigenvalue weighted by Crippen LogP contribution is -2.23. The first-order valence-electron chi connectivity index (χ1n) is 6.70. The highest BCUT2D eigenvalue weighted by molar-refractivity contribution is 9.10. The number of ether oxygens (including phenoxy) is 1. The Kier molecular flexibility index (Phi) is 5.69. The van der Waals surface area contributed by atoms with E-state index in [1.165, 1.54) is 38.5 Å². The van der Waals surface area contributed by atoms with E-state index in [0.717, 1.165) is 4.31 Å². The summed E-state index contributed by atoms with van der Waals surface area (Å²) in [5.74, 6) is -0.177. The van der Waals surface area contributed by atoms with Crippen molar-refractivity contribution in [3.63, 3.8) is 0 Å². The Morgan fingerprint density at radius 2 is 2.08 bits per heavy atom. The molecule has 130 valence electrons. The molecule has 0 unspecified atom stereocenters. The molecule has 1 aromatic heterocycles. The molecule has 7 nitrogen and oxygen atoms in total. The number of sulfonamides is 1. The highest BCUT2D eigenvalue weighted by atomic mass is 79.9. The van der Waals surface area contributed by atoms with E-state index >= 15 is 0 Å². The molecule has 24 heavy (non-hydrogen) atoms. The average Bonchev–Trinajstić information content (AvgIpc) is 2.84. The summed E-state index contributed by atoms with van der Waals surface area (Å²) in [6.45, 7) is -0.0755. The molecule has 0 spiro atoms. The van der Waals surface area contributed by atoms with Gasteiger partial charge in [-0.3, -0.25) is 0 Å². The third-order valence-electron chi connectivity index (χ3n) is 3.29. The van der Waals surface area contributed by atoms with Gasteiger partial charge in [0.15, 0.2) is 0 Å². The van der Waals surface area contributed by atoms with Gasteiger partial charge in [0.05, 0.1) is 16.7 Å². The van der Waals surface area contributed by atoms with Gasteiger partial charge in [-0.15, -0.1) is 0 Å². The van der Waals surface area contributed by atoms with Crippen LogP contribution in [-0.2, 0) is 28.4 Å². The average molecular weight is 437 g/mol. The minimum Gasteiger partial charge on any atom is -0.454 e. The summed E-state index contributed by atoms with van der Waals surface area (Å²) < 4.78 is 32.7. The van der Waals surface area contributed by atoms with Gasteiger partial charge in [-0.1, -0.05) is 11.6 Å². The Morgan fingerprint density at radius 1 is 1.42 bits per heavy atom. The summed E-state index contributed by atoms with van der Waals surface area (Å²) >= 11 is 9.05. The van der Waals surface area contributed by atoms with Crippen LogP contribution in [0.3, 0.4) is 0 Å². The molecule has 0 fully saturated rings. The molecule has 0 N–H and O–H groups in total. The van der Waals surface area contributed by atoms with Gasteiger partial charge in [0, 0.05) is 25.6 Å². The van der Waals surface area contributed by atoms with Gasteiger partial charge in [0.25, 0.3) is 0 Å². The highest BCUT2D eigenvalue weighted by Gasteiger charge is 2.22. The highest BCUT2D eigenvalue weighted by Crippen LogP contribution is 2.25. The molecule has 0 bridgehead atoms. The molecular weight excluding hydrogens is 422 g/mol. The summed E-state index contributed by atoms with van der Waals surface area (Å²) in [5, 5.41) is 0.420. The summed E-state index contributed by atoms with van der Waals surface area (Å²) in [6.07, 6.45) is 1.45. The van der Waals surface area contributed by atoms with E-state index in [0.29, 0.717) is 15.5 Å². The molecule has 0 aliphatic carbocycles. The molecule has 2 rings (SSSR count). The predicted molar refractivity (Wildman–Crippen MR) is 92.4 cm³/mol. The van der Waals surface area contributed by atoms with E-state index in [2.05, 4.69) is 20.9 Å². The summed E-state index contributed by atoms with van der Waals surface area (Å²) in [6, 6.07) is 4.24. The fraction of sp³-hybridized carbons (Fsp3) is 0.286. The molecule has 0 atom stereocenters. The molecule has 0 aliphatic rings. The van der Waals surface area contributed by atoms with Crippen LogP contribution in [0.15, 0.2) is 33.8 Å². The third kappa shape index (κ3) is 3.80. The second-order valence-corrected chi connectivity index (χ2v) is 8.43. The van der Waals surface area contributed by atoms with Crippen molar-refractivity contribution in [2.24, 2.45) is 7.05 Å². The largest absolute Gasteiger partial charge is 0.454 e. The minimum absolute atomic E-state index is 0.0120. The smallest absolute Gasteiger partial charge is 0.338 e. The first-order chi connectivity index (χ1) is 11.1. The van der Waals surface area contributed by atoms with Gasteiger partial charge in [-0.05, 0) is 34.1 Å². The molecule has 2 aromatic rings. The molecule has 0 aliphatic heterocycles. The van der Waals surface area contributed by atoms with Crippen molar-refractivity contribution in [2.75, 3.05) is 14.1 Å². The second-order valence-electron chi connectivity index (χ2n) is 5.06. The second kappa shape index (κ2) is 7.22. The van der Waals surface area contributed by atoms with E-state index in [1.54, 1.807) is 11.6 Å². The van der Waals surface area contributed by atoms with Crippen molar-refractivity contribution in [3.8, 4) is 0 Å². The molecule has 1 heterocycles. The number of benzene rings is 1. The Balaban J connectivity index is 2.23. The van der Waals surface area contributed by atoms with Crippen LogP contribution in [0.1, 0.15) is 16.2 Å². The van der Waals surface area contributed by atoms with E-state index < -0.39 is 16.0 Å². The summed E-state index contributed by atoms with van der Waals surface area (Å²) in [7, 11) is 0.834. The van der Waals surface area contributed by atoms with Crippen LogP contribution < -0.4 is 0 Å². The molecule has 0 amide bonds. The first kappa shape index (κ1) is 18.9. The van der Waals surface area contributed by atoms with E-state index in [4.69, 9.17) is 16.3 Å². The van der Waals surface area contributed by atoms with Crippen LogP contribution in [0, 0.1) is 0 Å². The number of nitrogens with zero attached hydrogens (tertiary/aromatic N) is 3. The lowest BCUT2D eigenvalue weighted by atomic mass is 10.2. The zero-order chi connectivity index (χ0) is 18.1. The van der Waals surface area contributed by atoms with Crippen LogP contribution in [0.2, 0.25) is 5.15 Å². The van der Waals surface area contributed by atoms with Crippen LogP contribution in [-0.4, -0.2) is 42.3 Å². The SMILES string of the molecule is CN(C)S(=O)(=O)c1cc(C(=O)OCc2ncc(Cl)n2C)ccc1Br. The molecular formula is C14H15BrClN3O4S. The van der Waals surface area contributed by atoms with Gasteiger partial charge >= 0.3 is 5.97 Å². The van der Waals surface area contributed by atoms with Crippen molar-refractivity contribution in [1.29, 1.82) is 0 Å². The Bertz CT molecular complexity index is 880. The van der Waals surface area contributed by atoms with E-state index in [-0.39, 0.29) is 17.1 Å². The minimum atomic E-state index is -3.69. The first-order valence-corrected chi connectivity index (χ1v) is 9.31. The third-order valence-corrected chi connectivity index (χ3v) is 6.45. The molecule has 0 saturated heterocycles. The number of hydrogen-bond donors (Lipinski definition) is 0. The van der Waals surface area contributed by atoms with Gasteiger partial charge in [0.2, 0.25) is 10.0 Å². The number of carbonyl (C=O) groups is 1. The Morgan fingerprint density at radius 3 is 2.62 bits per heavy atom. The monoisotopic (exact) mass is 435 g/mol. The number of hydrogen-bond acceptors (Lipinski definition) is 5. The number of esters is 1. The quantitative estimate of drug-likeness (QED) is 0.673. The standard InChI is InChI=1S/C14H15BrClN3O4S/c1-18(2)24(21,22)11-6-9(4-5-10(11)15)14(20)23-8-13-17-7-12(16)19(13)3/h4-7H,8H2,1-3H3. The van der Waals surface area contributed by atoms with Crippen LogP contribution in [0.4, 0.5) is 0 Å². The van der Waals surface area contributed by atoms with Gasteiger partial charge in [0.1, 0.15) is 17.6 Å². The van der Waals surface area contributed by atoms with Gasteiger partial charge in [-0.25, -0.2) is 22.5 Å². The Hall–Kier alpha value is -1.42. The van der Waals surface area contributed by atoms with Crippen molar-refractivity contribution >= 4 is 43.5 Å². The number of halogens is 2. The maximum absolute atomic E-state index is 12.3. The lowest BCUT2D eigenvalue weighted by molar-refractivity contribution is 0.0459. The normalized spacial score (nSPS) is 11.8. The van der Waals surface area contributed by atoms with Crippen LogP contribution in [0.5, 0.6) is 0 Å². The molecule has 10 heteroatoms. The fourth-order valence-corrected chi connectivity index (χ4v) is 3.79. The topological polar surface area (TPSA) is 81.5 Å². The lowest BCUT2D eigenvalue weighted by Gasteiger charge is -2.14. The maximum Gasteiger partial charge on any atom is 0.338 e. The van der Waals surface area contributed by atoms with E-state index in [9.17, 15) is 13.2 Å². The zero-order valence-corrected chi connectivity index (χ0v) is 16.3. The fourth-order valence-electron chi connectivity index (χ4n) is 1.80. The summed E-state index contributed by atoms with van der Waals surface area (Å²) in [4.78, 5) is 16.2. The maximum atomic E-state index is 12.3. The van der Waals surface area contributed by atoms with Gasteiger partial charge in [-0.2, -0.15) is 0 Å². The molecule has 0 radical (unpaired) electrons. The van der Waals surface area contributed by atoms with Crippen LogP contribution in [0.25, 0.3) is 0 Å². The van der Waals surface area contributed by atoms with Crippen LogP contribution >= 0.6 is 27.5 Å². The van der Waals surface area contributed by atoms with E-state index in [1.807, 2.05) is 0 Å². The zero-order valence-electron chi connectivity index (χ0n) is 13.2. The number of carbonyl (C=O) groups excluding carboxylic acids is 1. The number of aromatic nitrogens is 2. The van der Waals surface area contributed by atoms with Gasteiger partial charge < -0.3 is 9.30 Å². The van der Waals surface area contributed by atoms with Crippen molar-refractivity contribution in [1.82, 2.24) is 13.9 Å². The Labute approximate surface area is 153 Å². The summed E-state index contributed by atoms with van der Waals surface area (Å²) in [5.41, 5.74) is 0.124. The van der Waals surface area contributed by atoms with Crippen molar-refractivity contribution < 1.29 is 17.9 Å². The number of rotatable bonds is 5. The predicted octanol–water partition coefficient (Wildman–Crippen LogP) is 2.44. The molecule has 0 saturated carbocycles. The van der Waals surface area contributed by atoms with Crippen molar-refractivity contribution in [3.05, 3.63) is 45.4 Å².